The lowest BCUT2D eigenvalue weighted by Gasteiger charge is -2.10. The molecule has 1 aromatic carbocycles. The summed E-state index contributed by atoms with van der Waals surface area (Å²) in [5.74, 6) is 0.495. The van der Waals surface area contributed by atoms with Crippen LogP contribution in [0.3, 0.4) is 0 Å². The predicted octanol–water partition coefficient (Wildman–Crippen LogP) is 2.02. The van der Waals surface area contributed by atoms with Gasteiger partial charge in [-0.05, 0) is 37.3 Å². The van der Waals surface area contributed by atoms with Gasteiger partial charge < -0.3 is 16.2 Å². The lowest BCUT2D eigenvalue weighted by atomic mass is 10.1. The molecule has 0 aromatic heterocycles. The highest BCUT2D eigenvalue weighted by Crippen LogP contribution is 2.33. The van der Waals surface area contributed by atoms with Crippen LogP contribution in [0.4, 0.5) is 17.1 Å². The summed E-state index contributed by atoms with van der Waals surface area (Å²) in [7, 11) is 0. The van der Waals surface area contributed by atoms with Crippen molar-refractivity contribution in [2.24, 2.45) is 4.99 Å². The number of hydrogen-bond donors (Lipinski definition) is 2. The van der Waals surface area contributed by atoms with Crippen LogP contribution in [-0.2, 0) is 4.79 Å². The number of hydrogen-bond acceptors (Lipinski definition) is 5. The minimum Gasteiger partial charge on any atom is -0.492 e. The van der Waals surface area contributed by atoms with E-state index < -0.39 is 0 Å². The fourth-order valence-corrected chi connectivity index (χ4v) is 1.64. The molecule has 0 saturated heterocycles. The molecule has 0 radical (unpaired) electrons. The molecule has 2 rings (SSSR count). The second-order valence-corrected chi connectivity index (χ2v) is 3.99. The van der Waals surface area contributed by atoms with E-state index in [4.69, 9.17) is 16.2 Å². The Morgan fingerprint density at radius 2 is 1.79 bits per heavy atom. The van der Waals surface area contributed by atoms with E-state index in [1.54, 1.807) is 24.3 Å². The van der Waals surface area contributed by atoms with E-state index in [0.29, 0.717) is 35.1 Å². The first-order valence-corrected chi connectivity index (χ1v) is 5.90. The van der Waals surface area contributed by atoms with Crippen LogP contribution in [0.5, 0.6) is 5.75 Å². The average Bonchev–Trinajstić information content (AvgIpc) is 2.38. The maximum absolute atomic E-state index is 11.0. The molecule has 98 valence electrons. The first kappa shape index (κ1) is 12.9. The number of ether oxygens (including phenoxy) is 1. The van der Waals surface area contributed by atoms with Gasteiger partial charge in [-0.1, -0.05) is 0 Å². The molecular weight excluding hydrogens is 242 g/mol. The number of benzene rings is 1. The predicted molar refractivity (Wildman–Crippen MR) is 76.8 cm³/mol. The third kappa shape index (κ3) is 3.01. The lowest BCUT2D eigenvalue weighted by Crippen LogP contribution is -2.01. The maximum atomic E-state index is 11.0. The Balaban J connectivity index is 2.37. The molecule has 1 aliphatic rings. The van der Waals surface area contributed by atoms with Crippen LogP contribution in [0.25, 0.3) is 0 Å². The molecule has 0 aliphatic heterocycles. The van der Waals surface area contributed by atoms with Crippen molar-refractivity contribution >= 4 is 28.6 Å². The third-order valence-corrected chi connectivity index (χ3v) is 2.55. The molecule has 0 bridgehead atoms. The summed E-state index contributed by atoms with van der Waals surface area (Å²) in [6, 6.07) is 3.31. The molecule has 5 nitrogen and oxygen atoms in total. The molecular formula is C14H15N3O2. The second-order valence-electron chi connectivity index (χ2n) is 3.99. The van der Waals surface area contributed by atoms with Crippen LogP contribution in [0.2, 0.25) is 0 Å². The molecule has 4 N–H and O–H groups in total. The summed E-state index contributed by atoms with van der Waals surface area (Å²) in [6.45, 7) is 2.39. The minimum absolute atomic E-state index is 0.0563. The number of ketones is 1. The number of nitrogens with zero attached hydrogens (tertiary/aromatic N) is 1. The van der Waals surface area contributed by atoms with Crippen molar-refractivity contribution in [3.8, 4) is 5.75 Å². The van der Waals surface area contributed by atoms with Crippen LogP contribution in [-0.4, -0.2) is 18.1 Å². The van der Waals surface area contributed by atoms with Gasteiger partial charge in [-0.25, -0.2) is 4.99 Å². The number of carbonyl (C=O) groups excluding carboxylic acids is 1. The van der Waals surface area contributed by atoms with Crippen LogP contribution < -0.4 is 16.2 Å². The van der Waals surface area contributed by atoms with Gasteiger partial charge in [0.2, 0.25) is 0 Å². The van der Waals surface area contributed by atoms with Crippen molar-refractivity contribution in [3.63, 3.8) is 0 Å². The van der Waals surface area contributed by atoms with E-state index in [1.165, 1.54) is 12.2 Å². The number of nitrogen functional groups attached to an aromatic ring is 2. The Hall–Kier alpha value is -2.56. The maximum Gasteiger partial charge on any atom is 0.178 e. The summed E-state index contributed by atoms with van der Waals surface area (Å²) >= 11 is 0. The van der Waals surface area contributed by atoms with Crippen LogP contribution >= 0.6 is 0 Å². The van der Waals surface area contributed by atoms with Crippen LogP contribution in [0.15, 0.2) is 41.4 Å². The Labute approximate surface area is 111 Å². The van der Waals surface area contributed by atoms with E-state index in [-0.39, 0.29) is 5.78 Å². The number of allylic oxidation sites excluding steroid dienone is 4. The molecule has 1 aliphatic carbocycles. The second kappa shape index (κ2) is 5.39. The van der Waals surface area contributed by atoms with Crippen LogP contribution in [0, 0.1) is 0 Å². The minimum atomic E-state index is -0.0563. The Morgan fingerprint density at radius 3 is 2.42 bits per heavy atom. The molecule has 0 saturated carbocycles. The number of aliphatic imine (C=N–C) groups is 1. The SMILES string of the molecule is CCOc1cc(N=C2C=CC(=O)C=C2)c(N)cc1N. The molecule has 1 aromatic rings. The Bertz CT molecular complexity index is 583. The molecule has 0 atom stereocenters. The van der Waals surface area contributed by atoms with Gasteiger partial charge in [-0.2, -0.15) is 0 Å². The molecule has 19 heavy (non-hydrogen) atoms. The highest BCUT2D eigenvalue weighted by atomic mass is 16.5. The quantitative estimate of drug-likeness (QED) is 0.640. The standard InChI is InChI=1S/C14H15N3O2/c1-2-19-14-8-13(11(15)7-12(14)16)17-9-3-5-10(18)6-4-9/h3-8H,2,15-16H2,1H3. The average molecular weight is 257 g/mol. The zero-order chi connectivity index (χ0) is 13.8. The van der Waals surface area contributed by atoms with Gasteiger partial charge in [-0.15, -0.1) is 0 Å². The highest BCUT2D eigenvalue weighted by molar-refractivity contribution is 6.17. The van der Waals surface area contributed by atoms with Gasteiger partial charge in [0.05, 0.1) is 29.4 Å². The topological polar surface area (TPSA) is 90.7 Å². The number of anilines is 2. The van der Waals surface area contributed by atoms with Gasteiger partial charge in [0.1, 0.15) is 5.75 Å². The Kier molecular flexibility index (Phi) is 3.66. The summed E-state index contributed by atoms with van der Waals surface area (Å²) < 4.78 is 5.40. The van der Waals surface area contributed by atoms with Crippen LogP contribution in [0.1, 0.15) is 6.92 Å². The highest BCUT2D eigenvalue weighted by Gasteiger charge is 2.07. The fraction of sp³-hybridized carbons (Fsp3) is 0.143. The normalized spacial score (nSPS) is 13.7. The zero-order valence-electron chi connectivity index (χ0n) is 10.6. The van der Waals surface area contributed by atoms with Gasteiger partial charge in [0.25, 0.3) is 0 Å². The van der Waals surface area contributed by atoms with E-state index in [1.807, 2.05) is 6.92 Å². The zero-order valence-corrected chi connectivity index (χ0v) is 10.6. The van der Waals surface area contributed by atoms with Gasteiger partial charge in [0.15, 0.2) is 5.78 Å². The van der Waals surface area contributed by atoms with Crippen molar-refractivity contribution < 1.29 is 9.53 Å². The molecule has 0 spiro atoms. The first-order valence-electron chi connectivity index (χ1n) is 5.90. The smallest absolute Gasteiger partial charge is 0.178 e. The van der Waals surface area contributed by atoms with E-state index >= 15 is 0 Å². The monoisotopic (exact) mass is 257 g/mol. The number of nitrogens with two attached hydrogens (primary N) is 2. The number of carbonyl (C=O) groups is 1. The van der Waals surface area contributed by atoms with Crippen molar-refractivity contribution in [2.45, 2.75) is 6.92 Å². The largest absolute Gasteiger partial charge is 0.492 e. The van der Waals surface area contributed by atoms with E-state index in [2.05, 4.69) is 4.99 Å². The van der Waals surface area contributed by atoms with Crippen molar-refractivity contribution in [1.29, 1.82) is 0 Å². The first-order chi connectivity index (χ1) is 9.10. The molecule has 0 amide bonds. The van der Waals surface area contributed by atoms with Crippen molar-refractivity contribution in [2.75, 3.05) is 18.1 Å². The summed E-state index contributed by atoms with van der Waals surface area (Å²) in [5, 5.41) is 0. The molecule has 0 heterocycles. The van der Waals surface area contributed by atoms with E-state index in [9.17, 15) is 4.79 Å². The molecule has 0 fully saturated rings. The lowest BCUT2D eigenvalue weighted by molar-refractivity contribution is -0.110. The molecule has 0 unspecified atom stereocenters. The van der Waals surface area contributed by atoms with Gasteiger partial charge >= 0.3 is 0 Å². The summed E-state index contributed by atoms with van der Waals surface area (Å²) in [4.78, 5) is 15.4. The number of rotatable bonds is 3. The van der Waals surface area contributed by atoms with Crippen molar-refractivity contribution in [3.05, 3.63) is 36.4 Å². The van der Waals surface area contributed by atoms with E-state index in [0.717, 1.165) is 0 Å². The molecule has 5 heteroatoms. The van der Waals surface area contributed by atoms with Gasteiger partial charge in [-0.3, -0.25) is 4.79 Å². The fourth-order valence-electron chi connectivity index (χ4n) is 1.64. The Morgan fingerprint density at radius 1 is 1.11 bits per heavy atom. The summed E-state index contributed by atoms with van der Waals surface area (Å²) in [5.41, 5.74) is 13.8. The van der Waals surface area contributed by atoms with Crippen molar-refractivity contribution in [1.82, 2.24) is 0 Å². The van der Waals surface area contributed by atoms with Gasteiger partial charge in [0, 0.05) is 6.07 Å². The third-order valence-electron chi connectivity index (χ3n) is 2.55. The summed E-state index contributed by atoms with van der Waals surface area (Å²) in [6.07, 6.45) is 6.18.